The van der Waals surface area contributed by atoms with E-state index in [1.165, 1.54) is 12.8 Å². The van der Waals surface area contributed by atoms with Crippen LogP contribution < -0.4 is 10.6 Å². The monoisotopic (exact) mass is 268 g/mol. The predicted octanol–water partition coefficient (Wildman–Crippen LogP) is 3.24. The Balaban J connectivity index is 2.39. The summed E-state index contributed by atoms with van der Waals surface area (Å²) in [6.45, 7) is 9.77. The van der Waals surface area contributed by atoms with Crippen molar-refractivity contribution in [1.29, 1.82) is 0 Å². The zero-order chi connectivity index (χ0) is 14.3. The molecule has 1 fully saturated rings. The third-order valence-corrected chi connectivity index (χ3v) is 4.15. The molecule has 2 unspecified atom stereocenters. The number of amides is 1. The second-order valence-corrected chi connectivity index (χ2v) is 6.56. The first-order valence-corrected chi connectivity index (χ1v) is 8.06. The molecule has 2 atom stereocenters. The Kier molecular flexibility index (Phi) is 6.84. The highest BCUT2D eigenvalue weighted by Crippen LogP contribution is 2.25. The third-order valence-electron chi connectivity index (χ3n) is 4.15. The molecule has 1 amide bonds. The summed E-state index contributed by atoms with van der Waals surface area (Å²) < 4.78 is 0. The number of carbonyl (C=O) groups excluding carboxylic acids is 1. The molecule has 0 aromatic heterocycles. The van der Waals surface area contributed by atoms with Gasteiger partial charge < -0.3 is 10.6 Å². The second-order valence-electron chi connectivity index (χ2n) is 6.56. The minimum Gasteiger partial charge on any atom is -0.352 e. The maximum Gasteiger partial charge on any atom is 0.240 e. The molecule has 1 aliphatic heterocycles. The van der Waals surface area contributed by atoms with Gasteiger partial charge in [-0.25, -0.2) is 0 Å². The summed E-state index contributed by atoms with van der Waals surface area (Å²) in [5.41, 5.74) is -0.277. The van der Waals surface area contributed by atoms with Crippen LogP contribution in [0.1, 0.15) is 72.6 Å². The zero-order valence-electron chi connectivity index (χ0n) is 13.2. The van der Waals surface area contributed by atoms with E-state index in [4.69, 9.17) is 0 Å². The van der Waals surface area contributed by atoms with Gasteiger partial charge in [-0.3, -0.25) is 4.79 Å². The van der Waals surface area contributed by atoms with Crippen molar-refractivity contribution in [2.45, 2.75) is 84.2 Å². The lowest BCUT2D eigenvalue weighted by Crippen LogP contribution is -2.55. The first kappa shape index (κ1) is 16.5. The van der Waals surface area contributed by atoms with Crippen molar-refractivity contribution in [3.05, 3.63) is 0 Å². The van der Waals surface area contributed by atoms with Gasteiger partial charge in [-0.2, -0.15) is 0 Å². The van der Waals surface area contributed by atoms with Crippen LogP contribution >= 0.6 is 0 Å². The fraction of sp³-hybridized carbons (Fsp3) is 0.938. The molecule has 1 heterocycles. The van der Waals surface area contributed by atoms with Gasteiger partial charge in [0.15, 0.2) is 0 Å². The van der Waals surface area contributed by atoms with E-state index in [9.17, 15) is 4.79 Å². The summed E-state index contributed by atoms with van der Waals surface area (Å²) in [5.74, 6) is 0.981. The van der Waals surface area contributed by atoms with Gasteiger partial charge in [-0.15, -0.1) is 0 Å². The van der Waals surface area contributed by atoms with Crippen LogP contribution in [0.25, 0.3) is 0 Å². The first-order chi connectivity index (χ1) is 9.00. The van der Waals surface area contributed by atoms with E-state index < -0.39 is 0 Å². The average molecular weight is 268 g/mol. The van der Waals surface area contributed by atoms with E-state index in [0.29, 0.717) is 6.04 Å². The molecule has 1 aliphatic rings. The van der Waals surface area contributed by atoms with Gasteiger partial charge in [0.1, 0.15) is 0 Å². The number of carbonyl (C=O) groups is 1. The fourth-order valence-corrected chi connectivity index (χ4v) is 3.02. The molecule has 0 radical (unpaired) electrons. The fourth-order valence-electron chi connectivity index (χ4n) is 3.02. The lowest BCUT2D eigenvalue weighted by Gasteiger charge is -2.29. The summed E-state index contributed by atoms with van der Waals surface area (Å²) >= 11 is 0. The van der Waals surface area contributed by atoms with Crippen molar-refractivity contribution in [3.8, 4) is 0 Å². The van der Waals surface area contributed by atoms with Crippen molar-refractivity contribution in [1.82, 2.24) is 10.6 Å². The number of rotatable bonds is 8. The van der Waals surface area contributed by atoms with E-state index in [0.717, 1.165) is 44.6 Å². The summed E-state index contributed by atoms with van der Waals surface area (Å²) in [6.07, 6.45) is 7.66. The standard InChI is InChI=1S/C16H32N2O/c1-5-10-16(11-7-12-17-16)15(19)18-14(4)9-6-8-13(2)3/h13-14,17H,5-12H2,1-4H3,(H,18,19). The van der Waals surface area contributed by atoms with Crippen LogP contribution in [0.15, 0.2) is 0 Å². The third kappa shape index (κ3) is 5.13. The Morgan fingerprint density at radius 2 is 2.05 bits per heavy atom. The molecule has 3 heteroatoms. The molecule has 0 aromatic carbocycles. The van der Waals surface area contributed by atoms with Crippen molar-refractivity contribution < 1.29 is 4.79 Å². The van der Waals surface area contributed by atoms with Crippen molar-refractivity contribution in [3.63, 3.8) is 0 Å². The smallest absolute Gasteiger partial charge is 0.240 e. The molecule has 3 nitrogen and oxygen atoms in total. The van der Waals surface area contributed by atoms with Gasteiger partial charge in [0, 0.05) is 6.04 Å². The molecule has 0 aliphatic carbocycles. The molecular weight excluding hydrogens is 236 g/mol. The molecule has 1 saturated heterocycles. The van der Waals surface area contributed by atoms with Crippen LogP contribution in [0, 0.1) is 5.92 Å². The van der Waals surface area contributed by atoms with Crippen molar-refractivity contribution >= 4 is 5.91 Å². The zero-order valence-corrected chi connectivity index (χ0v) is 13.2. The maximum atomic E-state index is 12.5. The van der Waals surface area contributed by atoms with Gasteiger partial charge in [-0.1, -0.05) is 40.0 Å². The van der Waals surface area contributed by atoms with Crippen LogP contribution in [0.3, 0.4) is 0 Å². The van der Waals surface area contributed by atoms with Gasteiger partial charge in [0.2, 0.25) is 5.91 Å². The van der Waals surface area contributed by atoms with Crippen LogP contribution in [-0.2, 0) is 4.79 Å². The largest absolute Gasteiger partial charge is 0.352 e. The molecule has 0 spiro atoms. The Morgan fingerprint density at radius 1 is 1.32 bits per heavy atom. The van der Waals surface area contributed by atoms with E-state index >= 15 is 0 Å². The highest BCUT2D eigenvalue weighted by molar-refractivity contribution is 5.86. The Hall–Kier alpha value is -0.570. The van der Waals surface area contributed by atoms with Crippen LogP contribution in [-0.4, -0.2) is 24.0 Å². The quantitative estimate of drug-likeness (QED) is 0.709. The van der Waals surface area contributed by atoms with E-state index in [-0.39, 0.29) is 11.4 Å². The van der Waals surface area contributed by atoms with E-state index in [1.807, 2.05) is 0 Å². The minimum absolute atomic E-state index is 0.226. The summed E-state index contributed by atoms with van der Waals surface area (Å²) in [4.78, 5) is 12.5. The highest BCUT2D eigenvalue weighted by Gasteiger charge is 2.40. The molecule has 0 aromatic rings. The number of hydrogen-bond donors (Lipinski definition) is 2. The lowest BCUT2D eigenvalue weighted by atomic mass is 9.90. The topological polar surface area (TPSA) is 41.1 Å². The average Bonchev–Trinajstić information content (AvgIpc) is 2.78. The van der Waals surface area contributed by atoms with E-state index in [2.05, 4.69) is 38.3 Å². The summed E-state index contributed by atoms with van der Waals surface area (Å²) in [6, 6.07) is 0.294. The summed E-state index contributed by atoms with van der Waals surface area (Å²) in [5, 5.41) is 6.66. The molecular formula is C16H32N2O. The summed E-state index contributed by atoms with van der Waals surface area (Å²) in [7, 11) is 0. The second kappa shape index (κ2) is 7.88. The van der Waals surface area contributed by atoms with Gasteiger partial charge in [0.05, 0.1) is 5.54 Å². The van der Waals surface area contributed by atoms with Crippen molar-refractivity contribution in [2.24, 2.45) is 5.92 Å². The van der Waals surface area contributed by atoms with E-state index in [1.54, 1.807) is 0 Å². The maximum absolute atomic E-state index is 12.5. The van der Waals surface area contributed by atoms with Crippen LogP contribution in [0.4, 0.5) is 0 Å². The van der Waals surface area contributed by atoms with Crippen LogP contribution in [0.2, 0.25) is 0 Å². The molecule has 0 bridgehead atoms. The molecule has 19 heavy (non-hydrogen) atoms. The van der Waals surface area contributed by atoms with Crippen molar-refractivity contribution in [2.75, 3.05) is 6.54 Å². The number of nitrogens with one attached hydrogen (secondary N) is 2. The van der Waals surface area contributed by atoms with Crippen LogP contribution in [0.5, 0.6) is 0 Å². The Morgan fingerprint density at radius 3 is 2.58 bits per heavy atom. The van der Waals surface area contributed by atoms with Gasteiger partial charge in [0.25, 0.3) is 0 Å². The molecule has 112 valence electrons. The Labute approximate surface area is 118 Å². The van der Waals surface area contributed by atoms with Gasteiger partial charge in [-0.05, 0) is 45.1 Å². The Bertz CT molecular complexity index is 270. The van der Waals surface area contributed by atoms with Gasteiger partial charge >= 0.3 is 0 Å². The minimum atomic E-state index is -0.277. The molecule has 0 saturated carbocycles. The SMILES string of the molecule is CCCC1(C(=O)NC(C)CCCC(C)C)CCCN1. The lowest BCUT2D eigenvalue weighted by molar-refractivity contribution is -0.128. The number of hydrogen-bond acceptors (Lipinski definition) is 2. The molecule has 1 rings (SSSR count). The first-order valence-electron chi connectivity index (χ1n) is 8.06. The normalized spacial score (nSPS) is 24.7. The predicted molar refractivity (Wildman–Crippen MR) is 81.2 cm³/mol. The molecule has 2 N–H and O–H groups in total. The highest BCUT2D eigenvalue weighted by atomic mass is 16.2.